The van der Waals surface area contributed by atoms with E-state index in [4.69, 9.17) is 0 Å². The highest BCUT2D eigenvalue weighted by molar-refractivity contribution is 7.89. The number of unbranched alkanes of at least 4 members (excludes halogenated alkanes) is 1. The number of sulfonamides is 1. The van der Waals surface area contributed by atoms with Crippen LogP contribution in [0.1, 0.15) is 38.2 Å². The van der Waals surface area contributed by atoms with Crippen molar-refractivity contribution in [2.45, 2.75) is 70.1 Å². The Morgan fingerprint density at radius 3 is 2.32 bits per heavy atom. The topological polar surface area (TPSA) is 37.4 Å². The van der Waals surface area contributed by atoms with Crippen molar-refractivity contribution in [3.8, 4) is 11.6 Å². The molecule has 0 heterocycles. The summed E-state index contributed by atoms with van der Waals surface area (Å²) in [4.78, 5) is 0.300. The van der Waals surface area contributed by atoms with Gasteiger partial charge >= 0.3 is 0 Å². The monoisotopic (exact) mass is 377 g/mol. The van der Waals surface area contributed by atoms with Gasteiger partial charge in [0.1, 0.15) is 8.07 Å². The quantitative estimate of drug-likeness (QED) is 0.278. The first-order valence-electron chi connectivity index (χ1n) is 8.86. The van der Waals surface area contributed by atoms with Crippen LogP contribution < -0.4 is 0 Å². The zero-order chi connectivity index (χ0) is 19.1. The number of benzene rings is 1. The zero-order valence-corrected chi connectivity index (χ0v) is 18.0. The van der Waals surface area contributed by atoms with E-state index in [-0.39, 0.29) is 6.04 Å². The zero-order valence-electron chi connectivity index (χ0n) is 16.2. The number of nitrogens with zero attached hydrogens (tertiary/aromatic N) is 1. The fourth-order valence-corrected chi connectivity index (χ4v) is 4.35. The van der Waals surface area contributed by atoms with Crippen molar-refractivity contribution in [2.75, 3.05) is 0 Å². The van der Waals surface area contributed by atoms with Crippen molar-refractivity contribution in [3.05, 3.63) is 42.5 Å². The normalized spacial score (nSPS) is 12.8. The van der Waals surface area contributed by atoms with Gasteiger partial charge in [-0.1, -0.05) is 63.2 Å². The second-order valence-electron chi connectivity index (χ2n) is 7.42. The fourth-order valence-electron chi connectivity index (χ4n) is 2.36. The van der Waals surface area contributed by atoms with Gasteiger partial charge in [-0.05, 0) is 31.9 Å². The lowest BCUT2D eigenvalue weighted by molar-refractivity contribution is 0.384. The molecule has 0 aliphatic carbocycles. The molecule has 1 rings (SSSR count). The van der Waals surface area contributed by atoms with Crippen molar-refractivity contribution in [3.63, 3.8) is 0 Å². The Hall–Kier alpha value is -1.51. The van der Waals surface area contributed by atoms with E-state index in [0.717, 1.165) is 24.8 Å². The van der Waals surface area contributed by atoms with Crippen molar-refractivity contribution < 1.29 is 8.42 Å². The summed E-state index contributed by atoms with van der Waals surface area (Å²) in [6.07, 6.45) is 5.16. The van der Waals surface area contributed by atoms with Crippen molar-refractivity contribution in [2.24, 2.45) is 0 Å². The van der Waals surface area contributed by atoms with Gasteiger partial charge in [0.05, 0.1) is 10.9 Å². The molecule has 5 heteroatoms. The van der Waals surface area contributed by atoms with E-state index in [0.29, 0.717) is 11.3 Å². The summed E-state index contributed by atoms with van der Waals surface area (Å²) in [6.45, 7) is 14.2. The van der Waals surface area contributed by atoms with Crippen LogP contribution in [0.5, 0.6) is 0 Å². The molecule has 0 spiro atoms. The molecule has 0 saturated carbocycles. The lowest BCUT2D eigenvalue weighted by atomic mass is 10.1. The molecule has 1 aromatic rings. The van der Waals surface area contributed by atoms with Gasteiger partial charge in [-0.3, -0.25) is 0 Å². The predicted molar refractivity (Wildman–Crippen MR) is 109 cm³/mol. The molecule has 3 nitrogen and oxygen atoms in total. The van der Waals surface area contributed by atoms with E-state index < -0.39 is 18.1 Å². The van der Waals surface area contributed by atoms with Gasteiger partial charge in [-0.15, -0.1) is 12.1 Å². The number of aryl methyl sites for hydroxylation is 1. The van der Waals surface area contributed by atoms with Crippen LogP contribution in [-0.2, 0) is 10.0 Å². The van der Waals surface area contributed by atoms with Gasteiger partial charge in [0, 0.05) is 6.04 Å². The van der Waals surface area contributed by atoms with E-state index in [2.05, 4.69) is 44.7 Å². The first kappa shape index (κ1) is 21.5. The Kier molecular flexibility index (Phi) is 7.97. The van der Waals surface area contributed by atoms with E-state index in [9.17, 15) is 8.42 Å². The molecule has 0 fully saturated rings. The summed E-state index contributed by atoms with van der Waals surface area (Å²) in [5, 5.41) is 0. The van der Waals surface area contributed by atoms with Crippen LogP contribution >= 0.6 is 0 Å². The smallest absolute Gasteiger partial charge is 0.222 e. The molecule has 138 valence electrons. The Labute approximate surface area is 155 Å². The summed E-state index contributed by atoms with van der Waals surface area (Å²) in [5.41, 5.74) is 4.26. The summed E-state index contributed by atoms with van der Waals surface area (Å²) >= 11 is 0. The maximum atomic E-state index is 13.2. The number of rotatable bonds is 8. The molecule has 1 aromatic carbocycles. The molecular weight excluding hydrogens is 346 g/mol. The van der Waals surface area contributed by atoms with Crippen LogP contribution in [0.3, 0.4) is 0 Å². The SMILES string of the molecule is C=CCC(CCCC)N(C#C[Si](C)(C)C)S(=O)(=O)c1ccc(C)cc1. The van der Waals surface area contributed by atoms with E-state index in [1.165, 1.54) is 4.31 Å². The average molecular weight is 378 g/mol. The van der Waals surface area contributed by atoms with Crippen LogP contribution in [0.15, 0.2) is 41.8 Å². The lowest BCUT2D eigenvalue weighted by Gasteiger charge is -2.27. The minimum absolute atomic E-state index is 0.174. The van der Waals surface area contributed by atoms with E-state index >= 15 is 0 Å². The highest BCUT2D eigenvalue weighted by Crippen LogP contribution is 2.23. The van der Waals surface area contributed by atoms with Crippen LogP contribution in [0.2, 0.25) is 19.6 Å². The van der Waals surface area contributed by atoms with Crippen LogP contribution in [0, 0.1) is 18.5 Å². The third kappa shape index (κ3) is 6.72. The minimum atomic E-state index is -3.66. The molecule has 0 saturated heterocycles. The van der Waals surface area contributed by atoms with Crippen LogP contribution in [0.4, 0.5) is 0 Å². The third-order valence-electron chi connectivity index (χ3n) is 3.78. The van der Waals surface area contributed by atoms with Crippen LogP contribution in [-0.4, -0.2) is 26.8 Å². The first-order chi connectivity index (χ1) is 11.6. The van der Waals surface area contributed by atoms with Crippen molar-refractivity contribution >= 4 is 18.1 Å². The molecule has 0 bridgehead atoms. The second-order valence-corrected chi connectivity index (χ2v) is 14.0. The fraction of sp³-hybridized carbons (Fsp3) is 0.500. The van der Waals surface area contributed by atoms with Gasteiger partial charge in [0.15, 0.2) is 0 Å². The van der Waals surface area contributed by atoms with E-state index in [1.54, 1.807) is 18.2 Å². The number of hydrogen-bond acceptors (Lipinski definition) is 2. The van der Waals surface area contributed by atoms with Gasteiger partial charge < -0.3 is 0 Å². The van der Waals surface area contributed by atoms with Gasteiger partial charge in [-0.25, -0.2) is 12.7 Å². The Morgan fingerprint density at radius 1 is 1.24 bits per heavy atom. The van der Waals surface area contributed by atoms with E-state index in [1.807, 2.05) is 19.1 Å². The van der Waals surface area contributed by atoms with Crippen LogP contribution in [0.25, 0.3) is 0 Å². The second kappa shape index (κ2) is 9.26. The molecule has 0 aliphatic rings. The maximum Gasteiger partial charge on any atom is 0.271 e. The molecule has 1 atom stereocenters. The Bertz CT molecular complexity index is 722. The molecular formula is C20H31NO2SSi. The predicted octanol–water partition coefficient (Wildman–Crippen LogP) is 4.96. The van der Waals surface area contributed by atoms with Crippen molar-refractivity contribution in [1.29, 1.82) is 0 Å². The Balaban J connectivity index is 3.38. The summed E-state index contributed by atoms with van der Waals surface area (Å²) in [7, 11) is -5.36. The third-order valence-corrected chi connectivity index (χ3v) is 6.42. The van der Waals surface area contributed by atoms with Gasteiger partial charge in [0.25, 0.3) is 10.0 Å². The molecule has 0 radical (unpaired) electrons. The highest BCUT2D eigenvalue weighted by atomic mass is 32.2. The molecule has 0 N–H and O–H groups in total. The molecule has 0 aliphatic heterocycles. The van der Waals surface area contributed by atoms with Gasteiger partial charge in [0.2, 0.25) is 0 Å². The largest absolute Gasteiger partial charge is 0.271 e. The maximum absolute atomic E-state index is 13.2. The van der Waals surface area contributed by atoms with Gasteiger partial charge in [-0.2, -0.15) is 0 Å². The standard InChI is InChI=1S/C20H31NO2SSi/c1-7-9-11-19(10-8-2)21(16-17-25(4,5)6)24(22,23)20-14-12-18(3)13-15-20/h8,12-15,19H,2,7,9-11H2,1,3-6H3. The highest BCUT2D eigenvalue weighted by Gasteiger charge is 2.29. The summed E-state index contributed by atoms with van der Waals surface area (Å²) in [5.74, 6) is 0. The molecule has 0 aromatic heterocycles. The average Bonchev–Trinajstić information content (AvgIpc) is 2.51. The number of hydrogen-bond donors (Lipinski definition) is 0. The minimum Gasteiger partial charge on any atom is -0.222 e. The summed E-state index contributed by atoms with van der Waals surface area (Å²) < 4.78 is 27.9. The summed E-state index contributed by atoms with van der Waals surface area (Å²) in [6, 6.07) is 9.82. The first-order valence-corrected chi connectivity index (χ1v) is 13.8. The molecule has 0 amide bonds. The molecule has 1 unspecified atom stereocenters. The lowest BCUT2D eigenvalue weighted by Crippen LogP contribution is -2.37. The molecule has 25 heavy (non-hydrogen) atoms. The van der Waals surface area contributed by atoms with Crippen molar-refractivity contribution in [1.82, 2.24) is 4.31 Å². The Morgan fingerprint density at radius 2 is 1.84 bits per heavy atom.